The first-order valence-electron chi connectivity index (χ1n) is 5.51. The number of ether oxygens (including phenoxy) is 1. The summed E-state index contributed by atoms with van der Waals surface area (Å²) in [4.78, 5) is 13.3. The number of cyclic esters (lactones) is 1. The zero-order valence-corrected chi connectivity index (χ0v) is 9.82. The summed E-state index contributed by atoms with van der Waals surface area (Å²) >= 11 is 0. The first-order valence-corrected chi connectivity index (χ1v) is 5.51. The zero-order chi connectivity index (χ0) is 11.5. The highest BCUT2D eigenvalue weighted by Gasteiger charge is 2.34. The Morgan fingerprint density at radius 1 is 1.53 bits per heavy atom. The highest BCUT2D eigenvalue weighted by molar-refractivity contribution is 5.68. The molecular formula is C11H21NO3. The summed E-state index contributed by atoms with van der Waals surface area (Å²) in [5.41, 5.74) is -0.0287. The van der Waals surface area contributed by atoms with E-state index in [9.17, 15) is 4.79 Å². The van der Waals surface area contributed by atoms with Crippen LogP contribution in [0.4, 0.5) is 4.79 Å². The molecule has 1 aliphatic heterocycles. The molecule has 0 aromatic heterocycles. The van der Waals surface area contributed by atoms with E-state index in [0.29, 0.717) is 13.0 Å². The van der Waals surface area contributed by atoms with Crippen molar-refractivity contribution in [3.05, 3.63) is 0 Å². The van der Waals surface area contributed by atoms with E-state index in [4.69, 9.17) is 9.84 Å². The van der Waals surface area contributed by atoms with E-state index in [0.717, 1.165) is 13.0 Å². The van der Waals surface area contributed by atoms with Gasteiger partial charge in [0.15, 0.2) is 0 Å². The van der Waals surface area contributed by atoms with E-state index >= 15 is 0 Å². The average molecular weight is 215 g/mol. The van der Waals surface area contributed by atoms with Crippen molar-refractivity contribution in [2.24, 2.45) is 5.41 Å². The van der Waals surface area contributed by atoms with Gasteiger partial charge >= 0.3 is 6.09 Å². The molecule has 4 nitrogen and oxygen atoms in total. The first kappa shape index (κ1) is 12.3. The Morgan fingerprint density at radius 3 is 2.67 bits per heavy atom. The van der Waals surface area contributed by atoms with Gasteiger partial charge in [-0.05, 0) is 18.3 Å². The molecule has 0 aliphatic carbocycles. The molecule has 15 heavy (non-hydrogen) atoms. The van der Waals surface area contributed by atoms with Gasteiger partial charge in [0.1, 0.15) is 0 Å². The van der Waals surface area contributed by atoms with Gasteiger partial charge in [0.25, 0.3) is 0 Å². The maximum absolute atomic E-state index is 11.6. The third kappa shape index (κ3) is 3.09. The van der Waals surface area contributed by atoms with Gasteiger partial charge in [0.05, 0.1) is 6.61 Å². The summed E-state index contributed by atoms with van der Waals surface area (Å²) in [5.74, 6) is 0. The summed E-state index contributed by atoms with van der Waals surface area (Å²) in [7, 11) is 0. The van der Waals surface area contributed by atoms with E-state index in [2.05, 4.69) is 20.8 Å². The molecule has 0 radical (unpaired) electrons. The highest BCUT2D eigenvalue weighted by Crippen LogP contribution is 2.28. The largest absolute Gasteiger partial charge is 0.449 e. The van der Waals surface area contributed by atoms with E-state index in [1.54, 1.807) is 4.90 Å². The quantitative estimate of drug-likeness (QED) is 0.778. The average Bonchev–Trinajstić information content (AvgIpc) is 2.14. The van der Waals surface area contributed by atoms with Crippen molar-refractivity contribution < 1.29 is 14.6 Å². The number of carbonyl (C=O) groups excluding carboxylic acids is 1. The molecule has 1 aliphatic rings. The zero-order valence-electron chi connectivity index (χ0n) is 9.82. The molecule has 1 unspecified atom stereocenters. The number of carbonyl (C=O) groups is 1. The van der Waals surface area contributed by atoms with Gasteiger partial charge in [-0.3, -0.25) is 0 Å². The van der Waals surface area contributed by atoms with Crippen LogP contribution < -0.4 is 0 Å². The van der Waals surface area contributed by atoms with Crippen LogP contribution in [0.25, 0.3) is 0 Å². The maximum Gasteiger partial charge on any atom is 0.410 e. The van der Waals surface area contributed by atoms with Crippen molar-refractivity contribution >= 4 is 6.09 Å². The molecule has 4 heteroatoms. The van der Waals surface area contributed by atoms with Gasteiger partial charge in [-0.25, -0.2) is 4.79 Å². The van der Waals surface area contributed by atoms with Gasteiger partial charge in [0.2, 0.25) is 0 Å². The molecule has 0 spiro atoms. The van der Waals surface area contributed by atoms with Gasteiger partial charge in [-0.1, -0.05) is 20.8 Å². The van der Waals surface area contributed by atoms with Crippen LogP contribution in [0.3, 0.4) is 0 Å². The summed E-state index contributed by atoms with van der Waals surface area (Å²) in [6, 6.07) is 0.0512. The first-order chi connectivity index (χ1) is 6.96. The Balaban J connectivity index is 2.73. The molecule has 88 valence electrons. The number of hydrogen-bond acceptors (Lipinski definition) is 3. The fourth-order valence-electron chi connectivity index (χ4n) is 2.03. The number of rotatable bonds is 3. The number of aliphatic hydroxyl groups is 1. The lowest BCUT2D eigenvalue weighted by Crippen LogP contribution is -2.50. The summed E-state index contributed by atoms with van der Waals surface area (Å²) in [6.07, 6.45) is 1.25. The number of amides is 1. The molecule has 0 aromatic carbocycles. The molecule has 1 saturated heterocycles. The minimum Gasteiger partial charge on any atom is -0.449 e. The Kier molecular flexibility index (Phi) is 3.97. The lowest BCUT2D eigenvalue weighted by atomic mass is 9.83. The van der Waals surface area contributed by atoms with Crippen LogP contribution in [0, 0.1) is 5.41 Å². The molecule has 0 saturated carbocycles. The molecule has 1 heterocycles. The van der Waals surface area contributed by atoms with Crippen molar-refractivity contribution in [1.82, 2.24) is 4.90 Å². The molecular weight excluding hydrogens is 194 g/mol. The molecule has 1 N–H and O–H groups in total. The monoisotopic (exact) mass is 215 g/mol. The van der Waals surface area contributed by atoms with Crippen molar-refractivity contribution in [3.8, 4) is 0 Å². The van der Waals surface area contributed by atoms with E-state index in [1.807, 2.05) is 0 Å². The van der Waals surface area contributed by atoms with Crippen LogP contribution >= 0.6 is 0 Å². The van der Waals surface area contributed by atoms with Crippen molar-refractivity contribution in [2.45, 2.75) is 39.7 Å². The van der Waals surface area contributed by atoms with Gasteiger partial charge < -0.3 is 14.7 Å². The molecule has 1 amide bonds. The SMILES string of the molecule is CC(C)(C)C(CCO)N1CCCOC1=O. The summed E-state index contributed by atoms with van der Waals surface area (Å²) in [6.45, 7) is 7.59. The molecule has 0 bridgehead atoms. The summed E-state index contributed by atoms with van der Waals surface area (Å²) in [5, 5.41) is 9.04. The predicted octanol–water partition coefficient (Wildman–Crippen LogP) is 1.63. The highest BCUT2D eigenvalue weighted by atomic mass is 16.6. The van der Waals surface area contributed by atoms with E-state index in [-0.39, 0.29) is 24.2 Å². The minimum absolute atomic E-state index is 0.0287. The Labute approximate surface area is 91.2 Å². The van der Waals surface area contributed by atoms with Crippen molar-refractivity contribution in [3.63, 3.8) is 0 Å². The minimum atomic E-state index is -0.241. The van der Waals surface area contributed by atoms with E-state index < -0.39 is 0 Å². The topological polar surface area (TPSA) is 49.8 Å². The van der Waals surface area contributed by atoms with E-state index in [1.165, 1.54) is 0 Å². The second-order valence-corrected chi connectivity index (χ2v) is 5.06. The Bertz CT molecular complexity index is 222. The second-order valence-electron chi connectivity index (χ2n) is 5.06. The van der Waals surface area contributed by atoms with Crippen LogP contribution in [0.15, 0.2) is 0 Å². The molecule has 1 atom stereocenters. The lowest BCUT2D eigenvalue weighted by Gasteiger charge is -2.41. The number of hydrogen-bond donors (Lipinski definition) is 1. The smallest absolute Gasteiger partial charge is 0.410 e. The van der Waals surface area contributed by atoms with Crippen molar-refractivity contribution in [2.75, 3.05) is 19.8 Å². The molecule has 0 aromatic rings. The molecule has 1 fully saturated rings. The number of aliphatic hydroxyl groups excluding tert-OH is 1. The molecule has 1 rings (SSSR count). The van der Waals surface area contributed by atoms with Crippen LogP contribution in [0.2, 0.25) is 0 Å². The van der Waals surface area contributed by atoms with Crippen molar-refractivity contribution in [1.29, 1.82) is 0 Å². The maximum atomic E-state index is 11.6. The van der Waals surface area contributed by atoms with Crippen LogP contribution in [-0.2, 0) is 4.74 Å². The van der Waals surface area contributed by atoms with Gasteiger partial charge in [-0.15, -0.1) is 0 Å². The van der Waals surface area contributed by atoms with Gasteiger partial charge in [0, 0.05) is 19.2 Å². The number of nitrogens with zero attached hydrogens (tertiary/aromatic N) is 1. The van der Waals surface area contributed by atoms with Crippen LogP contribution in [0.1, 0.15) is 33.6 Å². The van der Waals surface area contributed by atoms with Crippen LogP contribution in [-0.4, -0.2) is 41.9 Å². The lowest BCUT2D eigenvalue weighted by molar-refractivity contribution is 0.0200. The summed E-state index contributed by atoms with van der Waals surface area (Å²) < 4.78 is 5.02. The fourth-order valence-corrected chi connectivity index (χ4v) is 2.03. The van der Waals surface area contributed by atoms with Gasteiger partial charge in [-0.2, -0.15) is 0 Å². The fraction of sp³-hybridized carbons (Fsp3) is 0.909. The normalized spacial score (nSPS) is 20.0. The Hall–Kier alpha value is -0.770. The Morgan fingerprint density at radius 2 is 2.20 bits per heavy atom. The second kappa shape index (κ2) is 4.84. The van der Waals surface area contributed by atoms with Crippen LogP contribution in [0.5, 0.6) is 0 Å². The third-order valence-electron chi connectivity index (χ3n) is 2.78. The standard InChI is InChI=1S/C11H21NO3/c1-11(2,3)9(5-7-13)12-6-4-8-15-10(12)14/h9,13H,4-8H2,1-3H3. The predicted molar refractivity (Wildman–Crippen MR) is 57.6 cm³/mol. The third-order valence-corrected chi connectivity index (χ3v) is 2.78.